The van der Waals surface area contributed by atoms with E-state index in [2.05, 4.69) is 17.4 Å². The van der Waals surface area contributed by atoms with E-state index in [1.807, 2.05) is 19.6 Å². The van der Waals surface area contributed by atoms with E-state index in [4.69, 9.17) is 21.0 Å². The Kier molecular flexibility index (Phi) is 13.0. The lowest BCUT2D eigenvalue weighted by Crippen LogP contribution is -2.16. The van der Waals surface area contributed by atoms with Gasteiger partial charge in [0.05, 0.1) is 33.4 Å². The number of aromatic carboxylic acids is 1. The fraction of sp³-hybridized carbons (Fsp3) is 0.211. The Morgan fingerprint density at radius 3 is 1.60 bits per heavy atom. The van der Waals surface area contributed by atoms with Crippen molar-refractivity contribution in [2.75, 3.05) is 0 Å². The third kappa shape index (κ3) is 11.2. The molecule has 0 saturated carbocycles. The molecule has 52 heavy (non-hydrogen) atoms. The second-order valence-electron chi connectivity index (χ2n) is 12.1. The van der Waals surface area contributed by atoms with Crippen LogP contribution in [0.1, 0.15) is 61.0 Å². The maximum Gasteiger partial charge on any atom is 0.416 e. The predicted octanol–water partition coefficient (Wildman–Crippen LogP) is 9.96. The summed E-state index contributed by atoms with van der Waals surface area (Å²) in [5.74, 6) is 1.43. The van der Waals surface area contributed by atoms with Crippen LogP contribution in [0.2, 0.25) is 19.6 Å². The van der Waals surface area contributed by atoms with Crippen molar-refractivity contribution in [3.8, 4) is 35.3 Å². The van der Waals surface area contributed by atoms with Crippen LogP contribution in [0.3, 0.4) is 0 Å². The Hall–Kier alpha value is -5.60. The number of ketones is 1. The van der Waals surface area contributed by atoms with Crippen LogP contribution in [0, 0.1) is 35.4 Å². The lowest BCUT2D eigenvalue weighted by Gasteiger charge is -2.13. The molecule has 0 atom stereocenters. The minimum Gasteiger partial charge on any atom is -0.487 e. The van der Waals surface area contributed by atoms with E-state index in [0.717, 1.165) is 36.4 Å². The summed E-state index contributed by atoms with van der Waals surface area (Å²) in [7, 11) is -1.84. The fourth-order valence-electron chi connectivity index (χ4n) is 4.26. The Balaban J connectivity index is 0.000000284. The summed E-state index contributed by atoms with van der Waals surface area (Å²) in [6.45, 7) is 6.54. The number of ether oxygens (including phenoxy) is 2. The van der Waals surface area contributed by atoms with Gasteiger partial charge in [0.15, 0.2) is 5.78 Å². The highest BCUT2D eigenvalue weighted by Gasteiger charge is 2.32. The number of halogens is 8. The van der Waals surface area contributed by atoms with Gasteiger partial charge in [-0.15, -0.1) is 12.0 Å². The van der Waals surface area contributed by atoms with Crippen molar-refractivity contribution < 1.29 is 59.3 Å². The van der Waals surface area contributed by atoms with Crippen molar-refractivity contribution in [3.05, 3.63) is 129 Å². The standard InChI is InChI=1S/C21H20F4O2Si.C17H10F4O3/c1-14(26)18-7-5-6-16(20(18)22)13-27-19-9-8-17(21(23,24)25)12-15(19)10-11-28(2,3)4;1-2-10-8-12(17(19,20)21)6-7-14(10)24-9-11-4-3-5-13(15(11)18)16(22)23/h5-9,12H,13H2,1-4H3;1,3-8H,9H2,(H,22,23). The first-order chi connectivity index (χ1) is 24.1. The van der Waals surface area contributed by atoms with Gasteiger partial charge in [-0.25, -0.2) is 13.6 Å². The molecule has 0 bridgehead atoms. The van der Waals surface area contributed by atoms with E-state index in [-0.39, 0.29) is 52.5 Å². The van der Waals surface area contributed by atoms with Gasteiger partial charge < -0.3 is 14.6 Å². The molecular formula is C38H30F8O5Si. The molecule has 4 rings (SSSR count). The highest BCUT2D eigenvalue weighted by Crippen LogP contribution is 2.34. The number of carbonyl (C=O) groups excluding carboxylic acids is 1. The van der Waals surface area contributed by atoms with Crippen LogP contribution in [0.5, 0.6) is 11.5 Å². The maximum absolute atomic E-state index is 14.4. The van der Waals surface area contributed by atoms with Gasteiger partial charge in [0, 0.05) is 11.1 Å². The quantitative estimate of drug-likeness (QED) is 0.0842. The molecule has 0 unspecified atom stereocenters. The Morgan fingerprint density at radius 1 is 0.731 bits per heavy atom. The van der Waals surface area contributed by atoms with E-state index in [1.165, 1.54) is 43.3 Å². The number of carboxylic acids is 1. The van der Waals surface area contributed by atoms with Crippen molar-refractivity contribution in [2.45, 2.75) is 52.1 Å². The summed E-state index contributed by atoms with van der Waals surface area (Å²) in [5, 5.41) is 8.85. The number of carbonyl (C=O) groups is 2. The van der Waals surface area contributed by atoms with Crippen LogP contribution < -0.4 is 9.47 Å². The molecule has 14 heteroatoms. The number of carboxylic acid groups (broad SMARTS) is 1. The number of rotatable bonds is 8. The van der Waals surface area contributed by atoms with Crippen molar-refractivity contribution in [1.29, 1.82) is 0 Å². The number of Topliss-reactive ketones (excluding diaryl/α,β-unsaturated/α-hetero) is 1. The molecule has 4 aromatic rings. The number of hydrogen-bond acceptors (Lipinski definition) is 4. The average molecular weight is 747 g/mol. The van der Waals surface area contributed by atoms with Gasteiger partial charge in [0.1, 0.15) is 44.4 Å². The highest BCUT2D eigenvalue weighted by molar-refractivity contribution is 6.83. The van der Waals surface area contributed by atoms with Gasteiger partial charge in [0.2, 0.25) is 0 Å². The first-order valence-corrected chi connectivity index (χ1v) is 18.6. The summed E-state index contributed by atoms with van der Waals surface area (Å²) in [5.41, 5.74) is 0.702. The smallest absolute Gasteiger partial charge is 0.416 e. The van der Waals surface area contributed by atoms with E-state index in [0.29, 0.717) is 0 Å². The molecule has 5 nitrogen and oxygen atoms in total. The van der Waals surface area contributed by atoms with Gasteiger partial charge in [-0.1, -0.05) is 55.7 Å². The van der Waals surface area contributed by atoms with Gasteiger partial charge in [0.25, 0.3) is 0 Å². The summed E-state index contributed by atoms with van der Waals surface area (Å²) >= 11 is 0. The summed E-state index contributed by atoms with van der Waals surface area (Å²) in [6, 6.07) is 13.7. The number of alkyl halides is 6. The molecule has 272 valence electrons. The van der Waals surface area contributed by atoms with Crippen LogP contribution in [0.15, 0.2) is 72.8 Å². The van der Waals surface area contributed by atoms with E-state index < -0.39 is 60.5 Å². The average Bonchev–Trinajstić information content (AvgIpc) is 3.05. The monoisotopic (exact) mass is 746 g/mol. The topological polar surface area (TPSA) is 72.8 Å². The van der Waals surface area contributed by atoms with Gasteiger partial charge >= 0.3 is 18.3 Å². The van der Waals surface area contributed by atoms with E-state index in [9.17, 15) is 44.7 Å². The van der Waals surface area contributed by atoms with Crippen LogP contribution in [0.4, 0.5) is 35.1 Å². The van der Waals surface area contributed by atoms with Crippen molar-refractivity contribution in [3.63, 3.8) is 0 Å². The molecule has 0 spiro atoms. The first-order valence-electron chi connectivity index (χ1n) is 15.1. The molecule has 0 aliphatic rings. The molecule has 1 N–H and O–H groups in total. The third-order valence-corrected chi connectivity index (χ3v) is 7.75. The van der Waals surface area contributed by atoms with Gasteiger partial charge in [-0.2, -0.15) is 26.3 Å². The molecule has 0 aliphatic heterocycles. The zero-order valence-electron chi connectivity index (χ0n) is 28.0. The second kappa shape index (κ2) is 16.6. The lowest BCUT2D eigenvalue weighted by molar-refractivity contribution is -0.138. The van der Waals surface area contributed by atoms with Crippen LogP contribution in [-0.4, -0.2) is 24.9 Å². The molecule has 0 radical (unpaired) electrons. The Labute approximate surface area is 295 Å². The van der Waals surface area contributed by atoms with Crippen molar-refractivity contribution in [1.82, 2.24) is 0 Å². The number of benzene rings is 4. The first kappa shape index (κ1) is 40.8. The van der Waals surface area contributed by atoms with Gasteiger partial charge in [-0.05, 0) is 55.5 Å². The van der Waals surface area contributed by atoms with Gasteiger partial charge in [-0.3, -0.25) is 4.79 Å². The molecule has 0 saturated heterocycles. The number of hydrogen-bond donors (Lipinski definition) is 1. The Bertz CT molecular complexity index is 2060. The maximum atomic E-state index is 14.4. The zero-order valence-corrected chi connectivity index (χ0v) is 29.0. The van der Waals surface area contributed by atoms with Crippen LogP contribution in [0.25, 0.3) is 0 Å². The number of terminal acetylenes is 1. The predicted molar refractivity (Wildman–Crippen MR) is 179 cm³/mol. The van der Waals surface area contributed by atoms with Crippen molar-refractivity contribution in [2.24, 2.45) is 0 Å². The van der Waals surface area contributed by atoms with Crippen LogP contribution >= 0.6 is 0 Å². The fourth-order valence-corrected chi connectivity index (χ4v) is 4.77. The minimum atomic E-state index is -4.55. The van der Waals surface area contributed by atoms with Crippen molar-refractivity contribution >= 4 is 19.8 Å². The molecule has 0 fully saturated rings. The summed E-state index contributed by atoms with van der Waals surface area (Å²) in [4.78, 5) is 22.3. The minimum absolute atomic E-state index is 0.0365. The molecular weight excluding hydrogens is 716 g/mol. The summed E-state index contributed by atoms with van der Waals surface area (Å²) in [6.07, 6.45) is -3.88. The van der Waals surface area contributed by atoms with E-state index >= 15 is 0 Å². The van der Waals surface area contributed by atoms with Crippen LogP contribution in [-0.2, 0) is 25.6 Å². The molecule has 0 amide bonds. The highest BCUT2D eigenvalue weighted by atomic mass is 28.3. The molecule has 4 aromatic carbocycles. The summed E-state index contributed by atoms with van der Waals surface area (Å²) < 4.78 is 116. The SMILES string of the molecule is C#Cc1cc(C(F)(F)F)ccc1OCc1cccc(C(=O)O)c1F.CC(=O)c1cccc(COc2ccc(C(F)(F)F)cc2C#C[Si](C)(C)C)c1F. The largest absolute Gasteiger partial charge is 0.487 e. The lowest BCUT2D eigenvalue weighted by atomic mass is 10.1. The third-order valence-electron chi connectivity index (χ3n) is 6.87. The normalized spacial score (nSPS) is 11.3. The zero-order chi connectivity index (χ0) is 39.0. The van der Waals surface area contributed by atoms with E-state index in [1.54, 1.807) is 0 Å². The second-order valence-corrected chi connectivity index (χ2v) is 16.8. The molecule has 0 aromatic heterocycles. The molecule has 0 aliphatic carbocycles. The Morgan fingerprint density at radius 2 is 1.17 bits per heavy atom. The molecule has 0 heterocycles.